The van der Waals surface area contributed by atoms with Gasteiger partial charge in [-0.05, 0) is 19.1 Å². The minimum Gasteiger partial charge on any atom is -0.478 e. The average molecular weight is 386 g/mol. The number of anilines is 1. The number of carboxylic acid groups (broad SMARTS) is 1. The monoisotopic (exact) mass is 386 g/mol. The number of nitrogens with one attached hydrogen (secondary N) is 2. The van der Waals surface area contributed by atoms with Crippen molar-refractivity contribution in [3.63, 3.8) is 0 Å². The van der Waals surface area contributed by atoms with Crippen LogP contribution < -0.4 is 10.6 Å². The number of aromatic nitrogens is 4. The SMILES string of the molecule is CC(C(=O)Nc1cn(C)nc1C(=O)NCc1ccco1)n1cc(C(=O)O)cn1. The second-order valence-corrected chi connectivity index (χ2v) is 6.01. The minimum absolute atomic E-state index is 0.0287. The van der Waals surface area contributed by atoms with Crippen molar-refractivity contribution in [1.82, 2.24) is 24.9 Å². The maximum Gasteiger partial charge on any atom is 0.338 e. The molecule has 2 amide bonds. The standard InChI is InChI=1S/C17H18N6O5/c1-10(23-8-11(6-19-23)17(26)27)15(24)20-13-9-22(2)21-14(13)16(25)18-7-12-4-3-5-28-12/h3-6,8-10H,7H2,1-2H3,(H,18,25)(H,20,24)(H,26,27). The number of hydrogen-bond acceptors (Lipinski definition) is 6. The lowest BCUT2D eigenvalue weighted by Crippen LogP contribution is -2.27. The van der Waals surface area contributed by atoms with Crippen molar-refractivity contribution < 1.29 is 23.9 Å². The molecule has 0 aromatic carbocycles. The molecule has 0 bridgehead atoms. The van der Waals surface area contributed by atoms with Crippen LogP contribution in [0.4, 0.5) is 5.69 Å². The van der Waals surface area contributed by atoms with E-state index in [0.29, 0.717) is 5.76 Å². The zero-order chi connectivity index (χ0) is 20.3. The summed E-state index contributed by atoms with van der Waals surface area (Å²) in [6, 6.07) is 2.63. The summed E-state index contributed by atoms with van der Waals surface area (Å²) < 4.78 is 7.79. The number of carboxylic acids is 1. The first-order chi connectivity index (χ1) is 13.3. The second kappa shape index (κ2) is 7.78. The molecule has 3 N–H and O–H groups in total. The third-order valence-corrected chi connectivity index (χ3v) is 3.93. The molecule has 11 nitrogen and oxygen atoms in total. The van der Waals surface area contributed by atoms with Gasteiger partial charge in [-0.1, -0.05) is 0 Å². The predicted molar refractivity (Wildman–Crippen MR) is 95.6 cm³/mol. The van der Waals surface area contributed by atoms with E-state index in [1.807, 2.05) is 0 Å². The van der Waals surface area contributed by atoms with Crippen LogP contribution >= 0.6 is 0 Å². The average Bonchev–Trinajstić information content (AvgIpc) is 3.40. The summed E-state index contributed by atoms with van der Waals surface area (Å²) in [4.78, 5) is 35.9. The summed E-state index contributed by atoms with van der Waals surface area (Å²) >= 11 is 0. The Bertz CT molecular complexity index is 1000. The van der Waals surface area contributed by atoms with Crippen molar-refractivity contribution in [2.45, 2.75) is 19.5 Å². The van der Waals surface area contributed by atoms with Gasteiger partial charge >= 0.3 is 5.97 Å². The molecule has 28 heavy (non-hydrogen) atoms. The highest BCUT2D eigenvalue weighted by Gasteiger charge is 2.22. The molecule has 0 saturated carbocycles. The number of rotatable bonds is 7. The van der Waals surface area contributed by atoms with Crippen molar-refractivity contribution >= 4 is 23.5 Å². The molecule has 11 heteroatoms. The molecule has 0 saturated heterocycles. The molecule has 3 heterocycles. The van der Waals surface area contributed by atoms with E-state index >= 15 is 0 Å². The molecule has 3 aromatic heterocycles. The molecule has 1 atom stereocenters. The van der Waals surface area contributed by atoms with Gasteiger partial charge in [-0.25, -0.2) is 4.79 Å². The topological polar surface area (TPSA) is 144 Å². The number of aromatic carboxylic acids is 1. The highest BCUT2D eigenvalue weighted by molar-refractivity contribution is 6.03. The third-order valence-electron chi connectivity index (χ3n) is 3.93. The van der Waals surface area contributed by atoms with Crippen LogP contribution in [0.2, 0.25) is 0 Å². The Morgan fingerprint density at radius 2 is 2.11 bits per heavy atom. The molecule has 3 aromatic rings. The summed E-state index contributed by atoms with van der Waals surface area (Å²) in [5.74, 6) is -1.52. The highest BCUT2D eigenvalue weighted by atomic mass is 16.4. The molecule has 0 aliphatic heterocycles. The van der Waals surface area contributed by atoms with Crippen LogP contribution in [0.1, 0.15) is 39.6 Å². The predicted octanol–water partition coefficient (Wildman–Crippen LogP) is 1.04. The largest absolute Gasteiger partial charge is 0.478 e. The fourth-order valence-corrected chi connectivity index (χ4v) is 2.43. The van der Waals surface area contributed by atoms with Crippen molar-refractivity contribution in [2.75, 3.05) is 5.32 Å². The van der Waals surface area contributed by atoms with E-state index in [1.165, 1.54) is 28.0 Å². The van der Waals surface area contributed by atoms with Gasteiger partial charge in [0.1, 0.15) is 11.8 Å². The van der Waals surface area contributed by atoms with E-state index in [2.05, 4.69) is 20.8 Å². The van der Waals surface area contributed by atoms with Crippen LogP contribution in [0.5, 0.6) is 0 Å². The van der Waals surface area contributed by atoms with Gasteiger partial charge in [0.15, 0.2) is 5.69 Å². The summed E-state index contributed by atoms with van der Waals surface area (Å²) in [7, 11) is 1.62. The van der Waals surface area contributed by atoms with E-state index in [0.717, 1.165) is 6.20 Å². The molecule has 0 radical (unpaired) electrons. The van der Waals surface area contributed by atoms with Gasteiger partial charge in [0.25, 0.3) is 5.91 Å². The van der Waals surface area contributed by atoms with E-state index in [-0.39, 0.29) is 23.5 Å². The van der Waals surface area contributed by atoms with E-state index in [1.54, 1.807) is 26.1 Å². The molecule has 0 aliphatic carbocycles. The van der Waals surface area contributed by atoms with Crippen molar-refractivity contribution in [3.05, 3.63) is 54.0 Å². The number of nitrogens with zero attached hydrogens (tertiary/aromatic N) is 4. The first-order valence-corrected chi connectivity index (χ1v) is 8.27. The molecule has 146 valence electrons. The Morgan fingerprint density at radius 1 is 1.32 bits per heavy atom. The van der Waals surface area contributed by atoms with Crippen LogP contribution in [-0.4, -0.2) is 42.5 Å². The molecule has 1 unspecified atom stereocenters. The zero-order valence-electron chi connectivity index (χ0n) is 15.1. The van der Waals surface area contributed by atoms with E-state index in [4.69, 9.17) is 9.52 Å². The molecule has 0 fully saturated rings. The van der Waals surface area contributed by atoms with Crippen LogP contribution in [0.15, 0.2) is 41.4 Å². The van der Waals surface area contributed by atoms with Crippen LogP contribution in [0.3, 0.4) is 0 Å². The summed E-state index contributed by atoms with van der Waals surface area (Å²) in [5.41, 5.74) is 0.238. The Morgan fingerprint density at radius 3 is 2.75 bits per heavy atom. The molecular weight excluding hydrogens is 368 g/mol. The zero-order valence-corrected chi connectivity index (χ0v) is 15.1. The van der Waals surface area contributed by atoms with Gasteiger partial charge in [-0.3, -0.25) is 19.0 Å². The first-order valence-electron chi connectivity index (χ1n) is 8.27. The van der Waals surface area contributed by atoms with Crippen LogP contribution in [0, 0.1) is 0 Å². The number of furan rings is 1. The molecular formula is C17H18N6O5. The molecule has 0 aliphatic rings. The molecule has 0 spiro atoms. The lowest BCUT2D eigenvalue weighted by Gasteiger charge is -2.12. The van der Waals surface area contributed by atoms with Crippen molar-refractivity contribution in [3.8, 4) is 0 Å². The summed E-state index contributed by atoms with van der Waals surface area (Å²) in [6.07, 6.45) is 5.41. The number of carbonyl (C=O) groups is 3. The fourth-order valence-electron chi connectivity index (χ4n) is 2.43. The van der Waals surface area contributed by atoms with Crippen molar-refractivity contribution in [1.29, 1.82) is 0 Å². The van der Waals surface area contributed by atoms with Gasteiger partial charge in [0.2, 0.25) is 5.91 Å². The maximum absolute atomic E-state index is 12.5. The number of aryl methyl sites for hydroxylation is 1. The Labute approximate surface area is 158 Å². The van der Waals surface area contributed by atoms with Gasteiger partial charge < -0.3 is 20.2 Å². The number of carbonyl (C=O) groups excluding carboxylic acids is 2. The van der Waals surface area contributed by atoms with Crippen LogP contribution in [-0.2, 0) is 18.4 Å². The summed E-state index contributed by atoms with van der Waals surface area (Å²) in [5, 5.41) is 22.2. The smallest absolute Gasteiger partial charge is 0.338 e. The Balaban J connectivity index is 1.70. The maximum atomic E-state index is 12.5. The highest BCUT2D eigenvalue weighted by Crippen LogP contribution is 2.16. The minimum atomic E-state index is -1.14. The Hall–Kier alpha value is -3.89. The quantitative estimate of drug-likeness (QED) is 0.550. The van der Waals surface area contributed by atoms with Crippen molar-refractivity contribution in [2.24, 2.45) is 7.05 Å². The lowest BCUT2D eigenvalue weighted by atomic mass is 10.2. The van der Waals surface area contributed by atoms with Gasteiger partial charge in [-0.15, -0.1) is 0 Å². The fraction of sp³-hybridized carbons (Fsp3) is 0.235. The van der Waals surface area contributed by atoms with Gasteiger partial charge in [0, 0.05) is 19.4 Å². The normalized spacial score (nSPS) is 11.8. The van der Waals surface area contributed by atoms with E-state index in [9.17, 15) is 14.4 Å². The number of amides is 2. The summed E-state index contributed by atoms with van der Waals surface area (Å²) in [6.45, 7) is 1.73. The Kier molecular flexibility index (Phi) is 5.25. The van der Waals surface area contributed by atoms with Gasteiger partial charge in [0.05, 0.1) is 30.3 Å². The van der Waals surface area contributed by atoms with Gasteiger partial charge in [-0.2, -0.15) is 10.2 Å². The molecule has 3 rings (SSSR count). The number of hydrogen-bond donors (Lipinski definition) is 3. The lowest BCUT2D eigenvalue weighted by molar-refractivity contribution is -0.119. The first kappa shape index (κ1) is 18.9. The van der Waals surface area contributed by atoms with E-state index < -0.39 is 23.8 Å². The van der Waals surface area contributed by atoms with Crippen LogP contribution in [0.25, 0.3) is 0 Å². The third kappa shape index (κ3) is 4.09. The second-order valence-electron chi connectivity index (χ2n) is 6.01.